The number of phenols is 1. The van der Waals surface area contributed by atoms with Gasteiger partial charge in [0.1, 0.15) is 23.3 Å². The molecule has 2 unspecified atom stereocenters. The fraction of sp³-hybridized carbons (Fsp3) is 0.385. The van der Waals surface area contributed by atoms with Crippen LogP contribution in [0.5, 0.6) is 5.75 Å². The highest BCUT2D eigenvalue weighted by Crippen LogP contribution is 2.38. The largest absolute Gasteiger partial charge is 0.508 e. The van der Waals surface area contributed by atoms with Gasteiger partial charge in [0.05, 0.1) is 0 Å². The number of ketones is 2. The van der Waals surface area contributed by atoms with Gasteiger partial charge in [-0.25, -0.2) is 4.39 Å². The molecule has 3 nitrogen and oxygen atoms in total. The molecule has 0 bridgehead atoms. The van der Waals surface area contributed by atoms with Crippen molar-refractivity contribution in [2.75, 3.05) is 0 Å². The van der Waals surface area contributed by atoms with E-state index in [2.05, 4.69) is 0 Å². The van der Waals surface area contributed by atoms with Gasteiger partial charge >= 0.3 is 0 Å². The van der Waals surface area contributed by atoms with Gasteiger partial charge in [-0.1, -0.05) is 13.0 Å². The third-order valence-electron chi connectivity index (χ3n) is 3.27. The highest BCUT2D eigenvalue weighted by atomic mass is 19.1. The lowest BCUT2D eigenvalue weighted by Gasteiger charge is -2.11. The maximum atomic E-state index is 13.6. The molecule has 2 rings (SSSR count). The molecule has 90 valence electrons. The molecule has 0 saturated heterocycles. The molecule has 1 fully saturated rings. The normalized spacial score (nSPS) is 24.4. The molecule has 1 saturated carbocycles. The number of phenolic OH excluding ortho intramolecular Hbond substituents is 1. The van der Waals surface area contributed by atoms with Crippen LogP contribution >= 0.6 is 0 Å². The highest BCUT2D eigenvalue weighted by molar-refractivity contribution is 6.14. The van der Waals surface area contributed by atoms with Crippen LogP contribution in [0.3, 0.4) is 0 Å². The van der Waals surface area contributed by atoms with E-state index in [0.29, 0.717) is 6.42 Å². The van der Waals surface area contributed by atoms with Gasteiger partial charge < -0.3 is 5.11 Å². The van der Waals surface area contributed by atoms with Gasteiger partial charge in [-0.15, -0.1) is 0 Å². The molecule has 4 heteroatoms. The summed E-state index contributed by atoms with van der Waals surface area (Å²) in [7, 11) is 0. The molecular weight excluding hydrogens is 223 g/mol. The van der Waals surface area contributed by atoms with Gasteiger partial charge in [0.2, 0.25) is 0 Å². The fourth-order valence-electron chi connectivity index (χ4n) is 2.32. The van der Waals surface area contributed by atoms with Crippen LogP contribution in [0.25, 0.3) is 0 Å². The van der Waals surface area contributed by atoms with Crippen molar-refractivity contribution in [3.63, 3.8) is 0 Å². The molecule has 0 aromatic heterocycles. The first kappa shape index (κ1) is 11.8. The van der Waals surface area contributed by atoms with Crippen LogP contribution in [0, 0.1) is 11.7 Å². The Bertz CT molecular complexity index is 461. The third kappa shape index (κ3) is 1.84. The van der Waals surface area contributed by atoms with Gasteiger partial charge in [-0.3, -0.25) is 9.59 Å². The molecular formula is C13H13FO3. The van der Waals surface area contributed by atoms with Crippen LogP contribution in [0.1, 0.15) is 31.2 Å². The van der Waals surface area contributed by atoms with E-state index < -0.39 is 11.7 Å². The molecule has 1 aliphatic rings. The zero-order valence-corrected chi connectivity index (χ0v) is 9.44. The van der Waals surface area contributed by atoms with Crippen molar-refractivity contribution >= 4 is 11.6 Å². The van der Waals surface area contributed by atoms with E-state index in [9.17, 15) is 19.1 Å². The van der Waals surface area contributed by atoms with E-state index in [4.69, 9.17) is 0 Å². The fourth-order valence-corrected chi connectivity index (χ4v) is 2.32. The maximum Gasteiger partial charge on any atom is 0.151 e. The molecule has 1 N–H and O–H groups in total. The van der Waals surface area contributed by atoms with Crippen LogP contribution in [-0.4, -0.2) is 16.7 Å². The third-order valence-corrected chi connectivity index (χ3v) is 3.27. The predicted octanol–water partition coefficient (Wildman–Crippen LogP) is 2.18. The number of hydrogen-bond donors (Lipinski definition) is 1. The Hall–Kier alpha value is -1.71. The molecule has 17 heavy (non-hydrogen) atoms. The van der Waals surface area contributed by atoms with Crippen molar-refractivity contribution in [1.29, 1.82) is 0 Å². The first-order valence-corrected chi connectivity index (χ1v) is 5.60. The minimum Gasteiger partial charge on any atom is -0.508 e. The van der Waals surface area contributed by atoms with Crippen molar-refractivity contribution in [1.82, 2.24) is 0 Å². The SMILES string of the molecule is CCC1CC(=O)C(c2c(O)cccc2F)C1=O. The summed E-state index contributed by atoms with van der Waals surface area (Å²) < 4.78 is 13.6. The number of Topliss-reactive ketones (excluding diaryl/α,β-unsaturated/α-hetero) is 2. The maximum absolute atomic E-state index is 13.6. The Kier molecular flexibility index (Phi) is 2.96. The first-order chi connectivity index (χ1) is 8.06. The standard InChI is InChI=1S/C13H13FO3/c1-2-7-6-10(16)12(13(7)17)11-8(14)4-3-5-9(11)15/h3-5,7,12,15H,2,6H2,1H3. The van der Waals surface area contributed by atoms with Crippen molar-refractivity contribution in [2.24, 2.45) is 5.92 Å². The van der Waals surface area contributed by atoms with Crippen molar-refractivity contribution in [2.45, 2.75) is 25.7 Å². The number of hydrogen-bond acceptors (Lipinski definition) is 3. The lowest BCUT2D eigenvalue weighted by Crippen LogP contribution is -2.16. The van der Waals surface area contributed by atoms with E-state index in [-0.39, 0.29) is 35.2 Å². The summed E-state index contributed by atoms with van der Waals surface area (Å²) in [5.41, 5.74) is -0.168. The summed E-state index contributed by atoms with van der Waals surface area (Å²) >= 11 is 0. The topological polar surface area (TPSA) is 54.4 Å². The lowest BCUT2D eigenvalue weighted by atomic mass is 9.92. The van der Waals surface area contributed by atoms with Crippen LogP contribution < -0.4 is 0 Å². The Balaban J connectivity index is 2.47. The molecule has 1 aliphatic carbocycles. The average molecular weight is 236 g/mol. The van der Waals surface area contributed by atoms with E-state index in [0.717, 1.165) is 6.07 Å². The van der Waals surface area contributed by atoms with Crippen LogP contribution in [0.15, 0.2) is 18.2 Å². The van der Waals surface area contributed by atoms with Crippen LogP contribution in [0.2, 0.25) is 0 Å². The molecule has 1 aromatic rings. The van der Waals surface area contributed by atoms with E-state index in [1.165, 1.54) is 12.1 Å². The zero-order chi connectivity index (χ0) is 12.6. The Morgan fingerprint density at radius 1 is 1.41 bits per heavy atom. The molecule has 0 amide bonds. The summed E-state index contributed by atoms with van der Waals surface area (Å²) in [6.07, 6.45) is 0.712. The van der Waals surface area contributed by atoms with Crippen LogP contribution in [0.4, 0.5) is 4.39 Å². The van der Waals surface area contributed by atoms with Gasteiger partial charge in [-0.2, -0.15) is 0 Å². The van der Waals surface area contributed by atoms with Gasteiger partial charge in [0.25, 0.3) is 0 Å². The minimum absolute atomic E-state index is 0.147. The summed E-state index contributed by atoms with van der Waals surface area (Å²) in [6, 6.07) is 3.78. The number of aromatic hydroxyl groups is 1. The quantitative estimate of drug-likeness (QED) is 0.801. The molecule has 2 atom stereocenters. The average Bonchev–Trinajstić information content (AvgIpc) is 2.56. The van der Waals surface area contributed by atoms with E-state index in [1.807, 2.05) is 6.92 Å². The molecule has 1 aromatic carbocycles. The van der Waals surface area contributed by atoms with Gasteiger partial charge in [0.15, 0.2) is 5.78 Å². The predicted molar refractivity (Wildman–Crippen MR) is 59.2 cm³/mol. The summed E-state index contributed by atoms with van der Waals surface area (Å²) in [5.74, 6) is -3.07. The number of halogens is 1. The number of carbonyl (C=O) groups is 2. The first-order valence-electron chi connectivity index (χ1n) is 5.60. The zero-order valence-electron chi connectivity index (χ0n) is 9.44. The van der Waals surface area contributed by atoms with Crippen molar-refractivity contribution < 1.29 is 19.1 Å². The van der Waals surface area contributed by atoms with Gasteiger partial charge in [0, 0.05) is 17.9 Å². The van der Waals surface area contributed by atoms with Crippen molar-refractivity contribution in [3.8, 4) is 5.75 Å². The molecule has 0 radical (unpaired) electrons. The monoisotopic (exact) mass is 236 g/mol. The highest BCUT2D eigenvalue weighted by Gasteiger charge is 2.43. The van der Waals surface area contributed by atoms with Crippen LogP contribution in [-0.2, 0) is 9.59 Å². The second-order valence-electron chi connectivity index (χ2n) is 4.28. The van der Waals surface area contributed by atoms with Gasteiger partial charge in [-0.05, 0) is 18.6 Å². The smallest absolute Gasteiger partial charge is 0.151 e. The Labute approximate surface area is 98.3 Å². The van der Waals surface area contributed by atoms with E-state index >= 15 is 0 Å². The summed E-state index contributed by atoms with van der Waals surface area (Å²) in [4.78, 5) is 23.7. The number of rotatable bonds is 2. The summed E-state index contributed by atoms with van der Waals surface area (Å²) in [6.45, 7) is 1.82. The second-order valence-corrected chi connectivity index (χ2v) is 4.28. The number of carbonyl (C=O) groups excluding carboxylic acids is 2. The summed E-state index contributed by atoms with van der Waals surface area (Å²) in [5, 5.41) is 9.60. The Morgan fingerprint density at radius 3 is 2.65 bits per heavy atom. The molecule has 0 heterocycles. The molecule has 0 aliphatic heterocycles. The molecule has 0 spiro atoms. The Morgan fingerprint density at radius 2 is 2.12 bits per heavy atom. The minimum atomic E-state index is -1.12. The van der Waals surface area contributed by atoms with E-state index in [1.54, 1.807) is 0 Å². The lowest BCUT2D eigenvalue weighted by molar-refractivity contribution is -0.124. The number of benzene rings is 1. The second kappa shape index (κ2) is 4.28. The van der Waals surface area contributed by atoms with Crippen molar-refractivity contribution in [3.05, 3.63) is 29.6 Å².